The molecule has 0 aromatic heterocycles. The molecular formula is C16H27NS. The van der Waals surface area contributed by atoms with E-state index in [0.717, 1.165) is 0 Å². The van der Waals surface area contributed by atoms with Crippen molar-refractivity contribution >= 4 is 11.8 Å². The van der Waals surface area contributed by atoms with E-state index in [2.05, 4.69) is 64.2 Å². The molecule has 0 bridgehead atoms. The molecule has 0 saturated heterocycles. The Hall–Kier alpha value is -0.470. The Balaban J connectivity index is 2.53. The molecule has 2 unspecified atom stereocenters. The largest absolute Gasteiger partial charge is 0.307 e. The molecular weight excluding hydrogens is 238 g/mol. The molecule has 0 heterocycles. The van der Waals surface area contributed by atoms with Gasteiger partial charge in [0, 0.05) is 17.8 Å². The number of rotatable bonds is 7. The maximum absolute atomic E-state index is 3.66. The zero-order chi connectivity index (χ0) is 13.5. The molecule has 0 spiro atoms. The number of thioether (sulfide) groups is 1. The van der Waals surface area contributed by atoms with Gasteiger partial charge in [-0.1, -0.05) is 45.0 Å². The standard InChI is InChI=1S/C16H27NS/c1-6-18-11-13(4)17-14(5)16-9-7-15(8-10-16)12(2)3/h7-10,12-14,17H,6,11H2,1-5H3. The first-order valence-corrected chi connectivity index (χ1v) is 8.13. The summed E-state index contributed by atoms with van der Waals surface area (Å²) in [4.78, 5) is 0. The van der Waals surface area contributed by atoms with Gasteiger partial charge in [-0.3, -0.25) is 0 Å². The minimum atomic E-state index is 0.429. The minimum absolute atomic E-state index is 0.429. The van der Waals surface area contributed by atoms with Gasteiger partial charge in [-0.25, -0.2) is 0 Å². The Bertz CT molecular complexity index is 331. The second-order valence-electron chi connectivity index (χ2n) is 5.27. The number of hydrogen-bond acceptors (Lipinski definition) is 2. The van der Waals surface area contributed by atoms with Gasteiger partial charge in [-0.2, -0.15) is 11.8 Å². The fraction of sp³-hybridized carbons (Fsp3) is 0.625. The van der Waals surface area contributed by atoms with Crippen molar-refractivity contribution in [2.75, 3.05) is 11.5 Å². The summed E-state index contributed by atoms with van der Waals surface area (Å²) >= 11 is 2.00. The zero-order valence-electron chi connectivity index (χ0n) is 12.4. The van der Waals surface area contributed by atoms with Gasteiger partial charge in [0.2, 0.25) is 0 Å². The van der Waals surface area contributed by atoms with Gasteiger partial charge in [0.25, 0.3) is 0 Å². The van der Waals surface area contributed by atoms with E-state index >= 15 is 0 Å². The van der Waals surface area contributed by atoms with Crippen LogP contribution >= 0.6 is 11.8 Å². The summed E-state index contributed by atoms with van der Waals surface area (Å²) in [6.07, 6.45) is 0. The molecule has 0 radical (unpaired) electrons. The first kappa shape index (κ1) is 15.6. The number of hydrogen-bond donors (Lipinski definition) is 1. The summed E-state index contributed by atoms with van der Waals surface area (Å²) in [5.41, 5.74) is 2.80. The van der Waals surface area contributed by atoms with Crippen molar-refractivity contribution in [1.29, 1.82) is 0 Å². The second kappa shape index (κ2) is 7.85. The van der Waals surface area contributed by atoms with Gasteiger partial charge >= 0.3 is 0 Å². The van der Waals surface area contributed by atoms with Crippen LogP contribution in [0.1, 0.15) is 57.7 Å². The average molecular weight is 265 g/mol. The molecule has 0 aliphatic carbocycles. The van der Waals surface area contributed by atoms with E-state index in [1.807, 2.05) is 11.8 Å². The monoisotopic (exact) mass is 265 g/mol. The highest BCUT2D eigenvalue weighted by molar-refractivity contribution is 7.99. The molecule has 0 saturated carbocycles. The molecule has 1 N–H and O–H groups in total. The van der Waals surface area contributed by atoms with Crippen LogP contribution in [-0.4, -0.2) is 17.5 Å². The molecule has 1 rings (SSSR count). The van der Waals surface area contributed by atoms with Crippen LogP contribution in [0, 0.1) is 0 Å². The van der Waals surface area contributed by atoms with Crippen LogP contribution in [-0.2, 0) is 0 Å². The predicted octanol–water partition coefficient (Wildman–Crippen LogP) is 4.60. The summed E-state index contributed by atoms with van der Waals surface area (Å²) in [5, 5.41) is 3.66. The Labute approximate surface area is 117 Å². The second-order valence-corrected chi connectivity index (χ2v) is 6.59. The third kappa shape index (κ3) is 5.03. The Morgan fingerprint density at radius 2 is 1.56 bits per heavy atom. The molecule has 102 valence electrons. The van der Waals surface area contributed by atoms with E-state index in [9.17, 15) is 0 Å². The van der Waals surface area contributed by atoms with E-state index in [4.69, 9.17) is 0 Å². The molecule has 0 amide bonds. The topological polar surface area (TPSA) is 12.0 Å². The van der Waals surface area contributed by atoms with Gasteiger partial charge < -0.3 is 5.32 Å². The predicted molar refractivity (Wildman–Crippen MR) is 84.5 cm³/mol. The highest BCUT2D eigenvalue weighted by atomic mass is 32.2. The Morgan fingerprint density at radius 3 is 2.06 bits per heavy atom. The van der Waals surface area contributed by atoms with Crippen LogP contribution in [0.3, 0.4) is 0 Å². The molecule has 2 heteroatoms. The van der Waals surface area contributed by atoms with Crippen molar-refractivity contribution in [3.05, 3.63) is 35.4 Å². The first-order chi connectivity index (χ1) is 8.54. The fourth-order valence-corrected chi connectivity index (χ4v) is 2.72. The quantitative estimate of drug-likeness (QED) is 0.773. The lowest BCUT2D eigenvalue weighted by Crippen LogP contribution is -2.30. The molecule has 1 aromatic rings. The zero-order valence-corrected chi connectivity index (χ0v) is 13.2. The van der Waals surface area contributed by atoms with Crippen molar-refractivity contribution < 1.29 is 0 Å². The molecule has 2 atom stereocenters. The van der Waals surface area contributed by atoms with Crippen molar-refractivity contribution in [1.82, 2.24) is 5.32 Å². The maximum atomic E-state index is 3.66. The van der Waals surface area contributed by atoms with Crippen LogP contribution in [0.2, 0.25) is 0 Å². The fourth-order valence-electron chi connectivity index (χ4n) is 2.04. The summed E-state index contributed by atoms with van der Waals surface area (Å²) in [6.45, 7) is 11.2. The number of benzene rings is 1. The normalized spacial score (nSPS) is 14.8. The molecule has 0 aliphatic rings. The first-order valence-electron chi connectivity index (χ1n) is 6.98. The molecule has 1 aromatic carbocycles. The molecule has 18 heavy (non-hydrogen) atoms. The van der Waals surface area contributed by atoms with E-state index < -0.39 is 0 Å². The van der Waals surface area contributed by atoms with Crippen LogP contribution in [0.5, 0.6) is 0 Å². The Morgan fingerprint density at radius 1 is 1.00 bits per heavy atom. The van der Waals surface area contributed by atoms with Gasteiger partial charge in [0.05, 0.1) is 0 Å². The minimum Gasteiger partial charge on any atom is -0.307 e. The third-order valence-corrected chi connectivity index (χ3v) is 4.35. The number of nitrogens with one attached hydrogen (secondary N) is 1. The summed E-state index contributed by atoms with van der Waals surface area (Å²) < 4.78 is 0. The third-order valence-electron chi connectivity index (χ3n) is 3.21. The molecule has 0 fully saturated rings. The summed E-state index contributed by atoms with van der Waals surface area (Å²) in [7, 11) is 0. The maximum Gasteiger partial charge on any atom is 0.0294 e. The van der Waals surface area contributed by atoms with Crippen molar-refractivity contribution in [3.8, 4) is 0 Å². The summed E-state index contributed by atoms with van der Waals surface area (Å²) in [6, 6.07) is 10.0. The molecule has 0 aliphatic heterocycles. The van der Waals surface area contributed by atoms with Crippen LogP contribution in [0.25, 0.3) is 0 Å². The Kier molecular flexibility index (Phi) is 6.80. The van der Waals surface area contributed by atoms with E-state index in [1.54, 1.807) is 0 Å². The molecule has 1 nitrogen and oxygen atoms in total. The van der Waals surface area contributed by atoms with Gasteiger partial charge in [-0.15, -0.1) is 0 Å². The van der Waals surface area contributed by atoms with Crippen LogP contribution in [0.4, 0.5) is 0 Å². The highest BCUT2D eigenvalue weighted by Crippen LogP contribution is 2.19. The lowest BCUT2D eigenvalue weighted by Gasteiger charge is -2.20. The lowest BCUT2D eigenvalue weighted by molar-refractivity contribution is 0.511. The van der Waals surface area contributed by atoms with Gasteiger partial charge in [0.15, 0.2) is 0 Å². The van der Waals surface area contributed by atoms with E-state index in [-0.39, 0.29) is 0 Å². The van der Waals surface area contributed by atoms with Crippen LogP contribution in [0.15, 0.2) is 24.3 Å². The van der Waals surface area contributed by atoms with E-state index in [0.29, 0.717) is 18.0 Å². The summed E-state index contributed by atoms with van der Waals surface area (Å²) in [5.74, 6) is 3.00. The lowest BCUT2D eigenvalue weighted by atomic mass is 9.99. The van der Waals surface area contributed by atoms with Gasteiger partial charge in [-0.05, 0) is 36.6 Å². The highest BCUT2D eigenvalue weighted by Gasteiger charge is 2.09. The van der Waals surface area contributed by atoms with Gasteiger partial charge in [0.1, 0.15) is 0 Å². The van der Waals surface area contributed by atoms with Crippen molar-refractivity contribution in [2.24, 2.45) is 0 Å². The van der Waals surface area contributed by atoms with E-state index in [1.165, 1.54) is 22.6 Å². The van der Waals surface area contributed by atoms with Crippen molar-refractivity contribution in [2.45, 2.75) is 52.6 Å². The van der Waals surface area contributed by atoms with Crippen molar-refractivity contribution in [3.63, 3.8) is 0 Å². The van der Waals surface area contributed by atoms with Crippen LogP contribution < -0.4 is 5.32 Å². The average Bonchev–Trinajstić information content (AvgIpc) is 2.36. The smallest absolute Gasteiger partial charge is 0.0294 e. The SMILES string of the molecule is CCSCC(C)NC(C)c1ccc(C(C)C)cc1.